The molecule has 1 aliphatic rings. The summed E-state index contributed by atoms with van der Waals surface area (Å²) in [6.07, 6.45) is -1.76. The molecule has 0 bridgehead atoms. The zero-order valence-corrected chi connectivity index (χ0v) is 15.1. The fourth-order valence-corrected chi connectivity index (χ4v) is 2.46. The first-order chi connectivity index (χ1) is 13.0. The summed E-state index contributed by atoms with van der Waals surface area (Å²) in [5, 5.41) is 2.73. The third-order valence-corrected chi connectivity index (χ3v) is 3.95. The number of nitrogens with one attached hydrogen (secondary N) is 1. The number of hydrogen-bond acceptors (Lipinski definition) is 6. The van der Waals surface area contributed by atoms with Crippen molar-refractivity contribution in [3.05, 3.63) is 54.1 Å². The first kappa shape index (κ1) is 18.6. The lowest BCUT2D eigenvalue weighted by atomic mass is 10.2. The molecule has 0 saturated heterocycles. The van der Waals surface area contributed by atoms with Crippen LogP contribution < -0.4 is 19.5 Å². The number of fused-ring (bicyclic) bond motifs is 1. The van der Waals surface area contributed by atoms with Gasteiger partial charge in [-0.05, 0) is 43.7 Å². The molecule has 0 aliphatic carbocycles. The topological polar surface area (TPSA) is 83.1 Å². The monoisotopic (exact) mass is 371 g/mol. The number of carbonyl (C=O) groups is 2. The molecule has 2 aromatic carbocycles. The van der Waals surface area contributed by atoms with Crippen molar-refractivity contribution in [1.29, 1.82) is 0 Å². The Bertz CT molecular complexity index is 807. The number of amides is 1. The minimum atomic E-state index is -0.937. The molecule has 7 heteroatoms. The number of hydrogen-bond donors (Lipinski definition) is 1. The van der Waals surface area contributed by atoms with Crippen molar-refractivity contribution in [3.63, 3.8) is 0 Å². The van der Waals surface area contributed by atoms with Gasteiger partial charge < -0.3 is 24.3 Å². The van der Waals surface area contributed by atoms with Crippen molar-refractivity contribution >= 4 is 11.9 Å². The van der Waals surface area contributed by atoms with E-state index >= 15 is 0 Å². The van der Waals surface area contributed by atoms with Gasteiger partial charge in [-0.1, -0.05) is 24.3 Å². The lowest BCUT2D eigenvalue weighted by molar-refractivity contribution is -0.160. The van der Waals surface area contributed by atoms with Gasteiger partial charge in [0.1, 0.15) is 5.75 Å². The summed E-state index contributed by atoms with van der Waals surface area (Å²) in [5.41, 5.74) is 0.854. The molecule has 1 amide bonds. The zero-order chi connectivity index (χ0) is 19.2. The van der Waals surface area contributed by atoms with Crippen LogP contribution in [0.1, 0.15) is 19.4 Å². The molecule has 27 heavy (non-hydrogen) atoms. The molecule has 0 saturated carbocycles. The summed E-state index contributed by atoms with van der Waals surface area (Å²) in [6.45, 7) is 3.57. The van der Waals surface area contributed by atoms with E-state index in [1.54, 1.807) is 43.3 Å². The normalized spacial score (nSPS) is 14.1. The van der Waals surface area contributed by atoms with Gasteiger partial charge in [-0.15, -0.1) is 0 Å². The summed E-state index contributed by atoms with van der Waals surface area (Å²) in [6, 6.07) is 14.4. The van der Waals surface area contributed by atoms with E-state index in [0.29, 0.717) is 17.2 Å². The van der Waals surface area contributed by atoms with Gasteiger partial charge in [-0.2, -0.15) is 0 Å². The standard InChI is InChI=1S/C20H21NO6/c1-13(27-20(23)14(2)26-16-6-4-3-5-7-16)19(22)21-11-15-8-9-17-18(10-15)25-12-24-17/h3-10,13-14H,11-12H2,1-2H3,(H,21,22)/t13-,14-/m0/s1. The van der Waals surface area contributed by atoms with E-state index in [4.69, 9.17) is 18.9 Å². The summed E-state index contributed by atoms with van der Waals surface area (Å²) >= 11 is 0. The van der Waals surface area contributed by atoms with Crippen LogP contribution >= 0.6 is 0 Å². The first-order valence-corrected chi connectivity index (χ1v) is 8.61. The van der Waals surface area contributed by atoms with Crippen LogP contribution in [0, 0.1) is 0 Å². The van der Waals surface area contributed by atoms with Crippen LogP contribution in [0.15, 0.2) is 48.5 Å². The van der Waals surface area contributed by atoms with Gasteiger partial charge in [0, 0.05) is 6.54 Å². The van der Waals surface area contributed by atoms with Crippen LogP contribution in [0.4, 0.5) is 0 Å². The van der Waals surface area contributed by atoms with Crippen LogP contribution in [0.3, 0.4) is 0 Å². The molecule has 2 atom stereocenters. The van der Waals surface area contributed by atoms with Gasteiger partial charge in [0.25, 0.3) is 5.91 Å². The maximum atomic E-state index is 12.2. The Kier molecular flexibility index (Phi) is 5.80. The Hall–Kier alpha value is -3.22. The van der Waals surface area contributed by atoms with Crippen LogP contribution in [0.2, 0.25) is 0 Å². The predicted molar refractivity (Wildman–Crippen MR) is 96.5 cm³/mol. The molecule has 1 heterocycles. The number of rotatable bonds is 7. The van der Waals surface area contributed by atoms with Crippen molar-refractivity contribution in [3.8, 4) is 17.2 Å². The van der Waals surface area contributed by atoms with E-state index in [9.17, 15) is 9.59 Å². The highest BCUT2D eigenvalue weighted by Gasteiger charge is 2.23. The molecule has 142 valence electrons. The summed E-state index contributed by atoms with van der Waals surface area (Å²) in [5.74, 6) is 0.882. The lowest BCUT2D eigenvalue weighted by Gasteiger charge is -2.17. The highest BCUT2D eigenvalue weighted by Crippen LogP contribution is 2.32. The largest absolute Gasteiger partial charge is 0.479 e. The second-order valence-corrected chi connectivity index (χ2v) is 6.06. The first-order valence-electron chi connectivity index (χ1n) is 8.61. The quantitative estimate of drug-likeness (QED) is 0.753. The zero-order valence-electron chi connectivity index (χ0n) is 15.1. The van der Waals surface area contributed by atoms with E-state index in [2.05, 4.69) is 5.32 Å². The molecule has 3 rings (SSSR count). The second-order valence-electron chi connectivity index (χ2n) is 6.06. The number of para-hydroxylation sites is 1. The van der Waals surface area contributed by atoms with Crippen molar-refractivity contribution in [1.82, 2.24) is 5.32 Å². The Morgan fingerprint density at radius 2 is 1.78 bits per heavy atom. The highest BCUT2D eigenvalue weighted by atomic mass is 16.7. The van der Waals surface area contributed by atoms with Crippen LogP contribution in [0.25, 0.3) is 0 Å². The van der Waals surface area contributed by atoms with Gasteiger partial charge >= 0.3 is 5.97 Å². The summed E-state index contributed by atoms with van der Waals surface area (Å²) in [4.78, 5) is 24.3. The third kappa shape index (κ3) is 4.91. The van der Waals surface area contributed by atoms with E-state index < -0.39 is 24.1 Å². The molecule has 1 aliphatic heterocycles. The smallest absolute Gasteiger partial charge is 0.347 e. The SMILES string of the molecule is C[C@H](OC(=O)[C@H](C)Oc1ccccc1)C(=O)NCc1ccc2c(c1)OCO2. The van der Waals surface area contributed by atoms with Crippen molar-refractivity contribution in [2.45, 2.75) is 32.6 Å². The van der Waals surface area contributed by atoms with Crippen LogP contribution in [0.5, 0.6) is 17.2 Å². The number of benzene rings is 2. The number of carbonyl (C=O) groups excluding carboxylic acids is 2. The average molecular weight is 371 g/mol. The molecule has 0 radical (unpaired) electrons. The maximum absolute atomic E-state index is 12.2. The van der Waals surface area contributed by atoms with Gasteiger partial charge in [0.2, 0.25) is 6.79 Å². The lowest BCUT2D eigenvalue weighted by Crippen LogP contribution is -2.38. The molecule has 0 aromatic heterocycles. The minimum Gasteiger partial charge on any atom is -0.479 e. The van der Waals surface area contributed by atoms with Crippen LogP contribution in [-0.2, 0) is 20.9 Å². The Morgan fingerprint density at radius 3 is 2.56 bits per heavy atom. The molecule has 1 N–H and O–H groups in total. The van der Waals surface area contributed by atoms with Crippen molar-refractivity contribution < 1.29 is 28.5 Å². The van der Waals surface area contributed by atoms with E-state index in [-0.39, 0.29) is 13.3 Å². The fourth-order valence-electron chi connectivity index (χ4n) is 2.46. The second kappa shape index (κ2) is 8.44. The fraction of sp³-hybridized carbons (Fsp3) is 0.300. The molecular formula is C20H21NO6. The Labute approximate surface area is 157 Å². The molecule has 0 spiro atoms. The molecule has 7 nitrogen and oxygen atoms in total. The van der Waals surface area contributed by atoms with Gasteiger partial charge in [-0.3, -0.25) is 4.79 Å². The van der Waals surface area contributed by atoms with Crippen molar-refractivity contribution in [2.24, 2.45) is 0 Å². The third-order valence-electron chi connectivity index (χ3n) is 3.95. The molecule has 2 aromatic rings. The van der Waals surface area contributed by atoms with E-state index in [0.717, 1.165) is 5.56 Å². The average Bonchev–Trinajstić information content (AvgIpc) is 3.14. The number of ether oxygens (including phenoxy) is 4. The summed E-state index contributed by atoms with van der Waals surface area (Å²) < 4.78 is 21.2. The molecule has 0 unspecified atom stereocenters. The van der Waals surface area contributed by atoms with E-state index in [1.165, 1.54) is 6.92 Å². The van der Waals surface area contributed by atoms with E-state index in [1.807, 2.05) is 12.1 Å². The Balaban J connectivity index is 1.46. The predicted octanol–water partition coefficient (Wildman–Crippen LogP) is 2.43. The van der Waals surface area contributed by atoms with Gasteiger partial charge in [-0.25, -0.2) is 4.79 Å². The van der Waals surface area contributed by atoms with Gasteiger partial charge in [0.15, 0.2) is 23.7 Å². The Morgan fingerprint density at radius 1 is 1.04 bits per heavy atom. The van der Waals surface area contributed by atoms with Crippen LogP contribution in [-0.4, -0.2) is 30.9 Å². The molecular weight excluding hydrogens is 350 g/mol. The summed E-state index contributed by atoms with van der Waals surface area (Å²) in [7, 11) is 0. The highest BCUT2D eigenvalue weighted by molar-refractivity contribution is 5.84. The molecule has 0 fully saturated rings. The number of esters is 1. The minimum absolute atomic E-state index is 0.196. The van der Waals surface area contributed by atoms with Crippen molar-refractivity contribution in [2.75, 3.05) is 6.79 Å². The van der Waals surface area contributed by atoms with Gasteiger partial charge in [0.05, 0.1) is 0 Å². The maximum Gasteiger partial charge on any atom is 0.347 e.